The molecular formula is C28H37F2N7O3. The van der Waals surface area contributed by atoms with Crippen molar-refractivity contribution in [3.05, 3.63) is 46.1 Å². The number of rotatable bonds is 7. The van der Waals surface area contributed by atoms with Gasteiger partial charge in [0.05, 0.1) is 23.5 Å². The van der Waals surface area contributed by atoms with Crippen molar-refractivity contribution in [2.45, 2.75) is 72.5 Å². The molecule has 1 amide bonds. The number of anilines is 3. The molecular weight excluding hydrogens is 520 g/mol. The van der Waals surface area contributed by atoms with E-state index in [9.17, 15) is 18.4 Å². The topological polar surface area (TPSA) is 105 Å². The van der Waals surface area contributed by atoms with Gasteiger partial charge >= 0.3 is 6.09 Å². The standard InChI is InChI=1S/C28H37F2N7O3/c1-7-18(8-2)37-20-13-21(31-14-19(20)17(3)24(25(29)30)26(37)38)34-22-15-33-23(16-32-22)35-9-11-36(12-10-35)27(39)40-28(4,5)6/h13-16,18,25H,7-12H2,1-6H3,(H,31,32,34). The van der Waals surface area contributed by atoms with Crippen molar-refractivity contribution in [1.29, 1.82) is 0 Å². The van der Waals surface area contributed by atoms with Crippen LogP contribution < -0.4 is 15.8 Å². The number of carbonyl (C=O) groups is 1. The van der Waals surface area contributed by atoms with Crippen LogP contribution in [0, 0.1) is 6.92 Å². The van der Waals surface area contributed by atoms with Gasteiger partial charge in [-0.3, -0.25) is 4.79 Å². The minimum absolute atomic E-state index is 0.224. The fourth-order valence-electron chi connectivity index (χ4n) is 4.94. The summed E-state index contributed by atoms with van der Waals surface area (Å²) in [6, 6.07) is 1.47. The van der Waals surface area contributed by atoms with Crippen LogP contribution in [0.3, 0.4) is 0 Å². The van der Waals surface area contributed by atoms with Gasteiger partial charge in [0, 0.05) is 49.9 Å². The molecule has 0 unspecified atom stereocenters. The summed E-state index contributed by atoms with van der Waals surface area (Å²) in [7, 11) is 0. The van der Waals surface area contributed by atoms with Crippen molar-refractivity contribution in [3.8, 4) is 0 Å². The molecule has 3 aromatic rings. The molecule has 0 saturated carbocycles. The molecule has 1 fully saturated rings. The van der Waals surface area contributed by atoms with Crippen LogP contribution in [-0.2, 0) is 4.74 Å². The zero-order valence-corrected chi connectivity index (χ0v) is 23.9. The summed E-state index contributed by atoms with van der Waals surface area (Å²) in [4.78, 5) is 42.6. The molecule has 0 bridgehead atoms. The molecule has 216 valence electrons. The van der Waals surface area contributed by atoms with Crippen molar-refractivity contribution in [2.24, 2.45) is 0 Å². The average Bonchev–Trinajstić information content (AvgIpc) is 2.90. The number of hydrogen-bond donors (Lipinski definition) is 1. The number of aryl methyl sites for hydroxylation is 1. The number of piperazine rings is 1. The van der Waals surface area contributed by atoms with E-state index in [4.69, 9.17) is 4.74 Å². The first-order valence-corrected chi connectivity index (χ1v) is 13.6. The van der Waals surface area contributed by atoms with Crippen LogP contribution in [0.15, 0.2) is 29.5 Å². The number of nitrogens with one attached hydrogen (secondary N) is 1. The van der Waals surface area contributed by atoms with E-state index in [1.165, 1.54) is 17.7 Å². The van der Waals surface area contributed by atoms with Gasteiger partial charge in [-0.25, -0.2) is 28.5 Å². The van der Waals surface area contributed by atoms with Crippen LogP contribution in [0.4, 0.5) is 31.0 Å². The van der Waals surface area contributed by atoms with E-state index in [-0.39, 0.29) is 17.7 Å². The van der Waals surface area contributed by atoms with Crippen LogP contribution >= 0.6 is 0 Å². The number of carbonyl (C=O) groups excluding carboxylic acids is 1. The Hall–Kier alpha value is -3.83. The number of amides is 1. The maximum atomic E-state index is 13.8. The smallest absolute Gasteiger partial charge is 0.410 e. The van der Waals surface area contributed by atoms with E-state index in [0.29, 0.717) is 67.4 Å². The number of pyridine rings is 2. The van der Waals surface area contributed by atoms with Gasteiger partial charge in [0.15, 0.2) is 0 Å². The summed E-state index contributed by atoms with van der Waals surface area (Å²) in [5.41, 5.74) is -0.892. The molecule has 0 spiro atoms. The highest BCUT2D eigenvalue weighted by Crippen LogP contribution is 2.30. The molecule has 0 aliphatic carbocycles. The zero-order valence-electron chi connectivity index (χ0n) is 23.9. The molecule has 12 heteroatoms. The lowest BCUT2D eigenvalue weighted by molar-refractivity contribution is 0.0240. The van der Waals surface area contributed by atoms with Crippen molar-refractivity contribution >= 4 is 34.4 Å². The summed E-state index contributed by atoms with van der Waals surface area (Å²) in [6.45, 7) is 13.2. The molecule has 3 aromatic heterocycles. The van der Waals surface area contributed by atoms with Crippen LogP contribution in [0.2, 0.25) is 0 Å². The maximum Gasteiger partial charge on any atom is 0.410 e. The monoisotopic (exact) mass is 557 g/mol. The molecule has 0 atom stereocenters. The van der Waals surface area contributed by atoms with Crippen LogP contribution in [0.1, 0.15) is 71.1 Å². The van der Waals surface area contributed by atoms with Gasteiger partial charge in [-0.05, 0) is 46.1 Å². The quantitative estimate of drug-likeness (QED) is 0.401. The third kappa shape index (κ3) is 6.15. The van der Waals surface area contributed by atoms with E-state index >= 15 is 0 Å². The van der Waals surface area contributed by atoms with Gasteiger partial charge in [-0.1, -0.05) is 13.8 Å². The van der Waals surface area contributed by atoms with E-state index in [2.05, 4.69) is 20.3 Å². The van der Waals surface area contributed by atoms with Crippen molar-refractivity contribution in [1.82, 2.24) is 24.4 Å². The molecule has 1 N–H and O–H groups in total. The number of fused-ring (bicyclic) bond motifs is 1. The van der Waals surface area contributed by atoms with Gasteiger partial charge in [-0.15, -0.1) is 0 Å². The van der Waals surface area contributed by atoms with Gasteiger partial charge in [-0.2, -0.15) is 0 Å². The SMILES string of the molecule is CCC(CC)n1c(=O)c(C(F)F)c(C)c2cnc(Nc3cnc(N4CCN(C(=O)OC(C)(C)C)CC4)cn3)cc21. The van der Waals surface area contributed by atoms with Gasteiger partial charge in [0.25, 0.3) is 12.0 Å². The van der Waals surface area contributed by atoms with Crippen molar-refractivity contribution in [3.63, 3.8) is 0 Å². The summed E-state index contributed by atoms with van der Waals surface area (Å²) < 4.78 is 34.6. The molecule has 40 heavy (non-hydrogen) atoms. The minimum atomic E-state index is -2.87. The lowest BCUT2D eigenvalue weighted by Crippen LogP contribution is -2.50. The Morgan fingerprint density at radius 2 is 1.68 bits per heavy atom. The first kappa shape index (κ1) is 29.2. The van der Waals surface area contributed by atoms with E-state index in [1.807, 2.05) is 39.5 Å². The predicted molar refractivity (Wildman–Crippen MR) is 151 cm³/mol. The second-order valence-electron chi connectivity index (χ2n) is 10.9. The lowest BCUT2D eigenvalue weighted by atomic mass is 10.0. The van der Waals surface area contributed by atoms with Crippen LogP contribution in [-0.4, -0.2) is 62.3 Å². The summed E-state index contributed by atoms with van der Waals surface area (Å²) >= 11 is 0. The number of ether oxygens (including phenoxy) is 1. The fraction of sp³-hybridized carbons (Fsp3) is 0.536. The highest BCUT2D eigenvalue weighted by atomic mass is 19.3. The van der Waals surface area contributed by atoms with Gasteiger partial charge in [0.2, 0.25) is 0 Å². The summed E-state index contributed by atoms with van der Waals surface area (Å²) in [5, 5.41) is 3.63. The number of alkyl halides is 2. The molecule has 1 aliphatic heterocycles. The Kier molecular flexibility index (Phi) is 8.55. The van der Waals surface area contributed by atoms with Crippen molar-refractivity contribution in [2.75, 3.05) is 36.4 Å². The Balaban J connectivity index is 1.53. The highest BCUT2D eigenvalue weighted by Gasteiger charge is 2.27. The largest absolute Gasteiger partial charge is 0.444 e. The second-order valence-corrected chi connectivity index (χ2v) is 10.9. The molecule has 10 nitrogen and oxygen atoms in total. The third-order valence-corrected chi connectivity index (χ3v) is 7.07. The number of halogens is 2. The van der Waals surface area contributed by atoms with E-state index < -0.39 is 23.1 Å². The first-order valence-electron chi connectivity index (χ1n) is 13.6. The van der Waals surface area contributed by atoms with Gasteiger partial charge < -0.3 is 24.4 Å². The molecule has 0 radical (unpaired) electrons. The van der Waals surface area contributed by atoms with Crippen LogP contribution in [0.5, 0.6) is 0 Å². The normalized spacial score (nSPS) is 14.3. The average molecular weight is 558 g/mol. The summed E-state index contributed by atoms with van der Waals surface area (Å²) in [5.74, 6) is 1.54. The molecule has 4 rings (SSSR count). The summed E-state index contributed by atoms with van der Waals surface area (Å²) in [6.07, 6.45) is 2.80. The van der Waals surface area contributed by atoms with E-state index in [1.54, 1.807) is 23.4 Å². The first-order chi connectivity index (χ1) is 18.9. The third-order valence-electron chi connectivity index (χ3n) is 7.07. The molecule has 0 aromatic carbocycles. The highest BCUT2D eigenvalue weighted by molar-refractivity contribution is 5.85. The van der Waals surface area contributed by atoms with Crippen molar-refractivity contribution < 1.29 is 18.3 Å². The lowest BCUT2D eigenvalue weighted by Gasteiger charge is -2.36. The van der Waals surface area contributed by atoms with Crippen LogP contribution in [0.25, 0.3) is 10.9 Å². The predicted octanol–water partition coefficient (Wildman–Crippen LogP) is 5.59. The molecule has 4 heterocycles. The van der Waals surface area contributed by atoms with E-state index in [0.717, 1.165) is 0 Å². The fourth-order valence-corrected chi connectivity index (χ4v) is 4.94. The Morgan fingerprint density at radius 3 is 2.23 bits per heavy atom. The Labute approximate surface area is 232 Å². The maximum absolute atomic E-state index is 13.8. The molecule has 1 aliphatic rings. The second kappa shape index (κ2) is 11.7. The minimum Gasteiger partial charge on any atom is -0.444 e. The Bertz CT molecular complexity index is 1410. The number of aromatic nitrogens is 4. The number of hydrogen-bond acceptors (Lipinski definition) is 8. The zero-order chi connectivity index (χ0) is 29.2. The Morgan fingerprint density at radius 1 is 1.02 bits per heavy atom. The van der Waals surface area contributed by atoms with Gasteiger partial charge in [0.1, 0.15) is 23.1 Å². The molecule has 1 saturated heterocycles. The number of nitrogens with zero attached hydrogens (tertiary/aromatic N) is 6.